The van der Waals surface area contributed by atoms with Gasteiger partial charge in [-0.1, -0.05) is 12.8 Å². The zero-order valence-electron chi connectivity index (χ0n) is 10.4. The van der Waals surface area contributed by atoms with Gasteiger partial charge in [0.2, 0.25) is 0 Å². The predicted octanol–water partition coefficient (Wildman–Crippen LogP) is 3.00. The van der Waals surface area contributed by atoms with Crippen LogP contribution in [0.2, 0.25) is 0 Å². The van der Waals surface area contributed by atoms with Gasteiger partial charge in [0.25, 0.3) is 0 Å². The maximum Gasteiger partial charge on any atom is 0.157 e. The quantitative estimate of drug-likeness (QED) is 0.848. The van der Waals surface area contributed by atoms with Crippen molar-refractivity contribution in [1.82, 2.24) is 14.6 Å². The van der Waals surface area contributed by atoms with Crippen molar-refractivity contribution >= 4 is 23.1 Å². The minimum Gasteiger partial charge on any atom is -0.366 e. The minimum atomic E-state index is 0.206. The molecule has 1 fully saturated rings. The number of nitrogens with zero attached hydrogens (tertiary/aromatic N) is 3. The Morgan fingerprint density at radius 2 is 2.17 bits per heavy atom. The van der Waals surface area contributed by atoms with E-state index in [1.807, 2.05) is 10.6 Å². The molecular weight excluding hydrogens is 248 g/mol. The second kappa shape index (κ2) is 4.76. The van der Waals surface area contributed by atoms with Crippen molar-refractivity contribution < 1.29 is 0 Å². The van der Waals surface area contributed by atoms with Crippen LogP contribution in [-0.2, 0) is 0 Å². The molecular formula is C13H17ClN4. The van der Waals surface area contributed by atoms with Crippen molar-refractivity contribution in [2.75, 3.05) is 5.32 Å². The van der Waals surface area contributed by atoms with Crippen LogP contribution >= 0.6 is 11.6 Å². The lowest BCUT2D eigenvalue weighted by molar-refractivity contribution is 0.468. The molecule has 1 aliphatic rings. The Balaban J connectivity index is 1.91. The highest BCUT2D eigenvalue weighted by Crippen LogP contribution is 2.26. The molecule has 2 unspecified atom stereocenters. The molecule has 0 radical (unpaired) electrons. The molecule has 3 rings (SSSR count). The fourth-order valence-electron chi connectivity index (χ4n) is 2.60. The lowest BCUT2D eigenvalue weighted by Crippen LogP contribution is -2.33. The average molecular weight is 265 g/mol. The summed E-state index contributed by atoms with van der Waals surface area (Å²) in [6, 6.07) is 4.45. The van der Waals surface area contributed by atoms with Crippen molar-refractivity contribution in [2.45, 2.75) is 44.0 Å². The van der Waals surface area contributed by atoms with E-state index in [1.165, 1.54) is 18.4 Å². The fraction of sp³-hybridized carbons (Fsp3) is 0.538. The van der Waals surface area contributed by atoms with E-state index in [9.17, 15) is 0 Å². The van der Waals surface area contributed by atoms with Crippen LogP contribution in [0.25, 0.3) is 5.65 Å². The van der Waals surface area contributed by atoms with E-state index < -0.39 is 0 Å². The third-order valence-electron chi connectivity index (χ3n) is 3.54. The van der Waals surface area contributed by atoms with Gasteiger partial charge in [0.1, 0.15) is 12.1 Å². The van der Waals surface area contributed by atoms with Gasteiger partial charge >= 0.3 is 0 Å². The molecule has 1 saturated carbocycles. The van der Waals surface area contributed by atoms with E-state index in [0.29, 0.717) is 6.04 Å². The Morgan fingerprint density at radius 3 is 3.00 bits per heavy atom. The van der Waals surface area contributed by atoms with Crippen LogP contribution in [-0.4, -0.2) is 26.0 Å². The van der Waals surface area contributed by atoms with E-state index in [2.05, 4.69) is 28.4 Å². The molecule has 0 aromatic carbocycles. The highest BCUT2D eigenvalue weighted by molar-refractivity contribution is 6.21. The summed E-state index contributed by atoms with van der Waals surface area (Å²) in [4.78, 5) is 4.23. The van der Waals surface area contributed by atoms with Gasteiger partial charge in [-0.15, -0.1) is 11.6 Å². The second-order valence-electron chi connectivity index (χ2n) is 5.00. The molecule has 0 amide bonds. The van der Waals surface area contributed by atoms with Crippen LogP contribution < -0.4 is 5.32 Å². The second-order valence-corrected chi connectivity index (χ2v) is 5.56. The van der Waals surface area contributed by atoms with Gasteiger partial charge in [-0.2, -0.15) is 9.61 Å². The average Bonchev–Trinajstić information content (AvgIpc) is 2.80. The summed E-state index contributed by atoms with van der Waals surface area (Å²) in [5, 5.41) is 7.99. The smallest absolute Gasteiger partial charge is 0.157 e. The largest absolute Gasteiger partial charge is 0.366 e. The first kappa shape index (κ1) is 11.8. The summed E-state index contributed by atoms with van der Waals surface area (Å²) in [6.07, 6.45) is 6.27. The zero-order chi connectivity index (χ0) is 12.5. The molecule has 18 heavy (non-hydrogen) atoms. The number of rotatable bonds is 2. The Kier molecular flexibility index (Phi) is 3.12. The number of hydrogen-bond donors (Lipinski definition) is 1. The van der Waals surface area contributed by atoms with Crippen molar-refractivity contribution in [3.05, 3.63) is 24.0 Å². The van der Waals surface area contributed by atoms with Gasteiger partial charge in [0, 0.05) is 6.04 Å². The zero-order valence-corrected chi connectivity index (χ0v) is 11.2. The highest BCUT2D eigenvalue weighted by Gasteiger charge is 2.23. The number of fused-ring (bicyclic) bond motifs is 1. The number of anilines is 1. The molecule has 96 valence electrons. The molecule has 2 atom stereocenters. The first-order valence-electron chi connectivity index (χ1n) is 6.45. The number of nitrogens with one attached hydrogen (secondary N) is 1. The van der Waals surface area contributed by atoms with E-state index in [-0.39, 0.29) is 5.38 Å². The fourth-order valence-corrected chi connectivity index (χ4v) is 2.94. The van der Waals surface area contributed by atoms with Gasteiger partial charge < -0.3 is 5.32 Å². The van der Waals surface area contributed by atoms with E-state index >= 15 is 0 Å². The summed E-state index contributed by atoms with van der Waals surface area (Å²) in [6.45, 7) is 2.07. The molecule has 0 aliphatic heterocycles. The summed E-state index contributed by atoms with van der Waals surface area (Å²) >= 11 is 6.39. The van der Waals surface area contributed by atoms with E-state index in [4.69, 9.17) is 11.6 Å². The number of hydrogen-bond acceptors (Lipinski definition) is 3. The molecule has 0 saturated heterocycles. The standard InChI is InChI=1S/C13H17ClN4/c1-9-6-12-15-8-16-18(12)13(7-9)17-11-5-3-2-4-10(11)14/h6-8,10-11,17H,2-5H2,1H3. The Labute approximate surface area is 111 Å². The van der Waals surface area contributed by atoms with Gasteiger partial charge in [-0.25, -0.2) is 4.98 Å². The molecule has 1 aliphatic carbocycles. The molecule has 0 spiro atoms. The number of halogens is 1. The minimum absolute atomic E-state index is 0.206. The Morgan fingerprint density at radius 1 is 1.33 bits per heavy atom. The summed E-state index contributed by atoms with van der Waals surface area (Å²) in [7, 11) is 0. The van der Waals surface area contributed by atoms with Crippen LogP contribution in [0.15, 0.2) is 18.5 Å². The van der Waals surface area contributed by atoms with Crippen LogP contribution in [0.5, 0.6) is 0 Å². The van der Waals surface area contributed by atoms with E-state index in [1.54, 1.807) is 6.33 Å². The Bertz CT molecular complexity index is 551. The maximum atomic E-state index is 6.39. The van der Waals surface area contributed by atoms with Gasteiger partial charge in [-0.3, -0.25) is 0 Å². The number of pyridine rings is 1. The third-order valence-corrected chi connectivity index (χ3v) is 4.06. The van der Waals surface area contributed by atoms with Crippen LogP contribution in [0.3, 0.4) is 0 Å². The number of aromatic nitrogens is 3. The van der Waals surface area contributed by atoms with Gasteiger partial charge in [0.05, 0.1) is 5.38 Å². The maximum absolute atomic E-state index is 6.39. The molecule has 4 nitrogen and oxygen atoms in total. The van der Waals surface area contributed by atoms with Crippen LogP contribution in [0.1, 0.15) is 31.2 Å². The SMILES string of the molecule is Cc1cc(NC2CCCCC2Cl)n2ncnc2c1. The molecule has 2 heterocycles. The van der Waals surface area contributed by atoms with Crippen molar-refractivity contribution in [3.63, 3.8) is 0 Å². The monoisotopic (exact) mass is 264 g/mol. The predicted molar refractivity (Wildman–Crippen MR) is 73.2 cm³/mol. The highest BCUT2D eigenvalue weighted by atomic mass is 35.5. The lowest BCUT2D eigenvalue weighted by Gasteiger charge is -2.28. The number of aryl methyl sites for hydroxylation is 1. The molecule has 2 aromatic rings. The first-order chi connectivity index (χ1) is 8.74. The molecule has 1 N–H and O–H groups in total. The number of alkyl halides is 1. The third kappa shape index (κ3) is 2.17. The van der Waals surface area contributed by atoms with Gasteiger partial charge in [-0.05, 0) is 37.5 Å². The normalized spacial score (nSPS) is 24.3. The molecule has 2 aromatic heterocycles. The summed E-state index contributed by atoms with van der Waals surface area (Å²) in [5.41, 5.74) is 2.05. The van der Waals surface area contributed by atoms with Crippen molar-refractivity contribution in [2.24, 2.45) is 0 Å². The van der Waals surface area contributed by atoms with E-state index in [0.717, 1.165) is 24.3 Å². The molecule has 0 bridgehead atoms. The van der Waals surface area contributed by atoms with Crippen LogP contribution in [0.4, 0.5) is 5.82 Å². The Hall–Kier alpha value is -1.29. The molecule has 5 heteroatoms. The topological polar surface area (TPSA) is 42.2 Å². The first-order valence-corrected chi connectivity index (χ1v) is 6.89. The van der Waals surface area contributed by atoms with Crippen molar-refractivity contribution in [1.29, 1.82) is 0 Å². The van der Waals surface area contributed by atoms with Gasteiger partial charge in [0.15, 0.2) is 5.65 Å². The van der Waals surface area contributed by atoms with Crippen molar-refractivity contribution in [3.8, 4) is 0 Å². The lowest BCUT2D eigenvalue weighted by atomic mass is 9.95. The van der Waals surface area contributed by atoms with Crippen LogP contribution in [0, 0.1) is 6.92 Å². The summed E-state index contributed by atoms with van der Waals surface area (Å²) < 4.78 is 1.84. The summed E-state index contributed by atoms with van der Waals surface area (Å²) in [5.74, 6) is 0.986.